The first-order chi connectivity index (χ1) is 7.91. The third-order valence-corrected chi connectivity index (χ3v) is 6.22. The molecule has 1 saturated carbocycles. The zero-order valence-electron chi connectivity index (χ0n) is 9.90. The van der Waals surface area contributed by atoms with Crippen LogP contribution >= 0.6 is 11.3 Å². The molecule has 0 spiro atoms. The van der Waals surface area contributed by atoms with Crippen molar-refractivity contribution >= 4 is 27.0 Å². The molecule has 1 aliphatic carbocycles. The molecule has 0 amide bonds. The maximum Gasteiger partial charge on any atom is 0.250 e. The van der Waals surface area contributed by atoms with Gasteiger partial charge in [0.25, 0.3) is 0 Å². The van der Waals surface area contributed by atoms with E-state index in [2.05, 4.69) is 11.6 Å². The summed E-state index contributed by atoms with van der Waals surface area (Å²) in [7, 11) is -3.38. The Balaban J connectivity index is 2.03. The van der Waals surface area contributed by atoms with Crippen molar-refractivity contribution in [1.29, 1.82) is 0 Å². The summed E-state index contributed by atoms with van der Waals surface area (Å²) in [6.45, 7) is 2.67. The summed E-state index contributed by atoms with van der Waals surface area (Å²) in [5.41, 5.74) is 6.16. The van der Waals surface area contributed by atoms with Crippen molar-refractivity contribution < 1.29 is 8.42 Å². The van der Waals surface area contributed by atoms with Crippen LogP contribution in [0.5, 0.6) is 0 Å². The number of nitrogen functional groups attached to an aromatic ring is 1. The maximum atomic E-state index is 12.0. The number of hydrogen-bond acceptors (Lipinski definition) is 4. The first-order valence-corrected chi connectivity index (χ1v) is 8.11. The van der Waals surface area contributed by atoms with Gasteiger partial charge in [0.05, 0.1) is 0 Å². The highest BCUT2D eigenvalue weighted by Gasteiger charge is 2.30. The van der Waals surface area contributed by atoms with Crippen molar-refractivity contribution in [3.8, 4) is 0 Å². The second-order valence-corrected chi connectivity index (χ2v) is 7.95. The van der Waals surface area contributed by atoms with Crippen molar-refractivity contribution in [3.05, 3.63) is 11.4 Å². The minimum atomic E-state index is -3.38. The minimum Gasteiger partial charge on any atom is -0.398 e. The molecule has 0 radical (unpaired) electrons. The highest BCUT2D eigenvalue weighted by atomic mass is 32.2. The van der Waals surface area contributed by atoms with E-state index >= 15 is 0 Å². The van der Waals surface area contributed by atoms with E-state index in [1.807, 2.05) is 0 Å². The van der Waals surface area contributed by atoms with Crippen LogP contribution in [0.3, 0.4) is 0 Å². The third kappa shape index (κ3) is 3.00. The molecule has 1 aromatic rings. The van der Waals surface area contributed by atoms with Gasteiger partial charge in [-0.2, -0.15) is 0 Å². The lowest BCUT2D eigenvalue weighted by atomic mass is 9.89. The monoisotopic (exact) mass is 274 g/mol. The van der Waals surface area contributed by atoms with Crippen LogP contribution in [-0.4, -0.2) is 15.0 Å². The predicted molar refractivity (Wildman–Crippen MR) is 70.5 cm³/mol. The average Bonchev–Trinajstić information content (AvgIpc) is 2.86. The Kier molecular flexibility index (Phi) is 3.47. The van der Waals surface area contributed by atoms with Gasteiger partial charge >= 0.3 is 0 Å². The Morgan fingerprint density at radius 3 is 2.65 bits per heavy atom. The van der Waals surface area contributed by atoms with E-state index in [0.717, 1.165) is 24.2 Å². The lowest BCUT2D eigenvalue weighted by molar-refractivity contribution is 0.336. The second-order valence-electron chi connectivity index (χ2n) is 5.04. The Morgan fingerprint density at radius 1 is 1.47 bits per heavy atom. The van der Waals surface area contributed by atoms with Gasteiger partial charge < -0.3 is 5.73 Å². The molecule has 3 N–H and O–H groups in total. The first kappa shape index (κ1) is 12.9. The largest absolute Gasteiger partial charge is 0.398 e. The van der Waals surface area contributed by atoms with Crippen LogP contribution in [0.4, 0.5) is 5.69 Å². The van der Waals surface area contributed by atoms with Gasteiger partial charge in [0.15, 0.2) is 0 Å². The number of anilines is 1. The van der Waals surface area contributed by atoms with E-state index in [-0.39, 0.29) is 5.41 Å². The molecule has 1 fully saturated rings. The molecule has 0 bridgehead atoms. The SMILES string of the molecule is CC1(CNS(=O)(=O)c2cc(N)cs2)CCCC1. The molecule has 0 saturated heterocycles. The molecular weight excluding hydrogens is 256 g/mol. The number of rotatable bonds is 4. The third-order valence-electron chi connectivity index (χ3n) is 3.36. The lowest BCUT2D eigenvalue weighted by Crippen LogP contribution is -2.33. The summed E-state index contributed by atoms with van der Waals surface area (Å²) >= 11 is 1.16. The fourth-order valence-electron chi connectivity index (χ4n) is 2.22. The molecule has 17 heavy (non-hydrogen) atoms. The fourth-order valence-corrected chi connectivity index (χ4v) is 4.54. The highest BCUT2D eigenvalue weighted by molar-refractivity contribution is 7.91. The molecule has 0 aromatic carbocycles. The van der Waals surface area contributed by atoms with Crippen molar-refractivity contribution in [2.75, 3.05) is 12.3 Å². The topological polar surface area (TPSA) is 72.2 Å². The molecular formula is C11H18N2O2S2. The van der Waals surface area contributed by atoms with E-state index in [9.17, 15) is 8.42 Å². The quantitative estimate of drug-likeness (QED) is 0.884. The molecule has 4 nitrogen and oxygen atoms in total. The van der Waals surface area contributed by atoms with Gasteiger partial charge in [0, 0.05) is 17.6 Å². The van der Waals surface area contributed by atoms with Gasteiger partial charge in [-0.3, -0.25) is 0 Å². The highest BCUT2D eigenvalue weighted by Crippen LogP contribution is 2.37. The molecule has 0 unspecified atom stereocenters. The second kappa shape index (κ2) is 4.59. The van der Waals surface area contributed by atoms with Crippen LogP contribution in [-0.2, 0) is 10.0 Å². The Bertz CT molecular complexity index is 487. The summed E-state index contributed by atoms with van der Waals surface area (Å²) in [5.74, 6) is 0. The summed E-state index contributed by atoms with van der Waals surface area (Å²) < 4.78 is 27.0. The van der Waals surface area contributed by atoms with Crippen LogP contribution in [0.1, 0.15) is 32.6 Å². The molecule has 1 aliphatic rings. The lowest BCUT2D eigenvalue weighted by Gasteiger charge is -2.23. The van der Waals surface area contributed by atoms with E-state index in [4.69, 9.17) is 5.73 Å². The van der Waals surface area contributed by atoms with Crippen molar-refractivity contribution in [2.24, 2.45) is 5.41 Å². The van der Waals surface area contributed by atoms with Crippen LogP contribution in [0, 0.1) is 5.41 Å². The number of nitrogens with two attached hydrogens (primary N) is 1. The molecule has 1 heterocycles. The van der Waals surface area contributed by atoms with Gasteiger partial charge in [-0.15, -0.1) is 11.3 Å². The van der Waals surface area contributed by atoms with E-state index in [1.165, 1.54) is 18.9 Å². The number of sulfonamides is 1. The molecule has 0 atom stereocenters. The van der Waals surface area contributed by atoms with Gasteiger partial charge in [-0.05, 0) is 24.3 Å². The fraction of sp³-hybridized carbons (Fsp3) is 0.636. The predicted octanol–water partition coefficient (Wildman–Crippen LogP) is 2.19. The van der Waals surface area contributed by atoms with Crippen LogP contribution in [0.2, 0.25) is 0 Å². The normalized spacial score (nSPS) is 19.6. The van der Waals surface area contributed by atoms with Crippen molar-refractivity contribution in [1.82, 2.24) is 4.72 Å². The number of hydrogen-bond donors (Lipinski definition) is 2. The Morgan fingerprint density at radius 2 is 2.12 bits per heavy atom. The molecule has 96 valence electrons. The van der Waals surface area contributed by atoms with Crippen LogP contribution in [0.25, 0.3) is 0 Å². The molecule has 6 heteroatoms. The first-order valence-electron chi connectivity index (χ1n) is 5.75. The average molecular weight is 274 g/mol. The van der Waals surface area contributed by atoms with Crippen molar-refractivity contribution in [2.45, 2.75) is 36.8 Å². The van der Waals surface area contributed by atoms with E-state index in [1.54, 1.807) is 5.38 Å². The smallest absolute Gasteiger partial charge is 0.250 e. The minimum absolute atomic E-state index is 0.121. The summed E-state index contributed by atoms with van der Waals surface area (Å²) in [6.07, 6.45) is 4.60. The summed E-state index contributed by atoms with van der Waals surface area (Å²) in [6, 6.07) is 1.50. The number of thiophene rings is 1. The summed E-state index contributed by atoms with van der Waals surface area (Å²) in [4.78, 5) is 0. The van der Waals surface area contributed by atoms with E-state index in [0.29, 0.717) is 16.4 Å². The zero-order valence-corrected chi connectivity index (χ0v) is 11.5. The van der Waals surface area contributed by atoms with E-state index < -0.39 is 10.0 Å². The van der Waals surface area contributed by atoms with Crippen LogP contribution in [0.15, 0.2) is 15.7 Å². The Labute approximate surface area is 106 Å². The Hall–Kier alpha value is -0.590. The molecule has 2 rings (SSSR count). The summed E-state index contributed by atoms with van der Waals surface area (Å²) in [5, 5.41) is 1.64. The van der Waals surface area contributed by atoms with Crippen molar-refractivity contribution in [3.63, 3.8) is 0 Å². The van der Waals surface area contributed by atoms with Gasteiger partial charge in [-0.1, -0.05) is 19.8 Å². The van der Waals surface area contributed by atoms with Gasteiger partial charge in [0.2, 0.25) is 10.0 Å². The molecule has 0 aliphatic heterocycles. The van der Waals surface area contributed by atoms with Crippen LogP contribution < -0.4 is 10.5 Å². The molecule has 1 aromatic heterocycles. The maximum absolute atomic E-state index is 12.0. The zero-order chi connectivity index (χ0) is 12.5. The number of nitrogens with one attached hydrogen (secondary N) is 1. The standard InChI is InChI=1S/C11H18N2O2S2/c1-11(4-2-3-5-11)8-13-17(14,15)10-6-9(12)7-16-10/h6-7,13H,2-5,8,12H2,1H3. The van der Waals surface area contributed by atoms with Gasteiger partial charge in [0.1, 0.15) is 4.21 Å². The van der Waals surface area contributed by atoms with Gasteiger partial charge in [-0.25, -0.2) is 13.1 Å².